The van der Waals surface area contributed by atoms with Crippen LogP contribution in [0.15, 0.2) is 27.8 Å². The molecule has 1 atom stereocenters. The van der Waals surface area contributed by atoms with Crippen LogP contribution in [0.5, 0.6) is 0 Å². The monoisotopic (exact) mass is 464 g/mol. The normalized spacial score (nSPS) is 12.2. The molecule has 0 saturated heterocycles. The molecule has 1 rings (SSSR count). The highest BCUT2D eigenvalue weighted by Gasteiger charge is 2.07. The summed E-state index contributed by atoms with van der Waals surface area (Å²) < 4.78 is 5.18. The summed E-state index contributed by atoms with van der Waals surface area (Å²) in [7, 11) is 0. The van der Waals surface area contributed by atoms with Crippen LogP contribution in [0, 0.1) is 0 Å². The lowest BCUT2D eigenvalue weighted by Crippen LogP contribution is -2.43. The van der Waals surface area contributed by atoms with Gasteiger partial charge >= 0.3 is 0 Å². The highest BCUT2D eigenvalue weighted by Crippen LogP contribution is 2.05. The summed E-state index contributed by atoms with van der Waals surface area (Å²) in [4.78, 5) is 16.2. The first-order valence-corrected chi connectivity index (χ1v) is 8.99. The van der Waals surface area contributed by atoms with E-state index in [2.05, 4.69) is 34.8 Å². The highest BCUT2D eigenvalue weighted by molar-refractivity contribution is 14.0. The van der Waals surface area contributed by atoms with Crippen LogP contribution in [0.3, 0.4) is 0 Å². The van der Waals surface area contributed by atoms with Crippen molar-refractivity contribution < 1.29 is 9.21 Å². The fourth-order valence-electron chi connectivity index (χ4n) is 2.31. The van der Waals surface area contributed by atoms with E-state index in [1.807, 2.05) is 13.0 Å². The maximum absolute atomic E-state index is 11.9. The Balaban J connectivity index is 0.00000576. The van der Waals surface area contributed by atoms with E-state index in [1.54, 1.807) is 12.3 Å². The number of hydrogen-bond acceptors (Lipinski definition) is 3. The molecule has 0 aromatic carbocycles. The van der Waals surface area contributed by atoms with Crippen molar-refractivity contribution in [3.8, 4) is 0 Å². The van der Waals surface area contributed by atoms with Crippen molar-refractivity contribution in [3.05, 3.63) is 24.2 Å². The van der Waals surface area contributed by atoms with Crippen molar-refractivity contribution in [2.45, 2.75) is 65.5 Å². The molecule has 3 N–H and O–H groups in total. The fraction of sp³-hybridized carbons (Fsp3) is 0.667. The maximum atomic E-state index is 11.9. The second-order valence-corrected chi connectivity index (χ2v) is 5.95. The van der Waals surface area contributed by atoms with Gasteiger partial charge < -0.3 is 20.4 Å². The minimum Gasteiger partial charge on any atom is -0.467 e. The van der Waals surface area contributed by atoms with Crippen molar-refractivity contribution in [1.82, 2.24) is 16.0 Å². The SMILES string of the molecule is CCCCCCC(C)NC(=NCC(=O)NCc1ccco1)NCC.I. The molecule has 144 valence electrons. The van der Waals surface area contributed by atoms with Crippen LogP contribution in [-0.4, -0.2) is 31.0 Å². The van der Waals surface area contributed by atoms with E-state index in [1.165, 1.54) is 25.7 Å². The first kappa shape index (κ1) is 23.8. The number of halogens is 1. The van der Waals surface area contributed by atoms with Gasteiger partial charge in [-0.05, 0) is 32.4 Å². The topological polar surface area (TPSA) is 78.7 Å². The number of rotatable bonds is 11. The van der Waals surface area contributed by atoms with E-state index >= 15 is 0 Å². The first-order chi connectivity index (χ1) is 11.7. The molecule has 6 nitrogen and oxygen atoms in total. The molecule has 0 bridgehead atoms. The zero-order chi connectivity index (χ0) is 17.6. The van der Waals surface area contributed by atoms with Gasteiger partial charge in [-0.3, -0.25) is 4.79 Å². The molecule has 0 radical (unpaired) electrons. The van der Waals surface area contributed by atoms with Gasteiger partial charge in [0.1, 0.15) is 12.3 Å². The average Bonchev–Trinajstić information content (AvgIpc) is 3.08. The highest BCUT2D eigenvalue weighted by atomic mass is 127. The molecule has 1 heterocycles. The van der Waals surface area contributed by atoms with Gasteiger partial charge in [0.2, 0.25) is 5.91 Å². The van der Waals surface area contributed by atoms with Gasteiger partial charge in [0.05, 0.1) is 12.8 Å². The van der Waals surface area contributed by atoms with E-state index in [9.17, 15) is 4.79 Å². The Bertz CT molecular complexity index is 477. The lowest BCUT2D eigenvalue weighted by Gasteiger charge is -2.17. The maximum Gasteiger partial charge on any atom is 0.242 e. The summed E-state index contributed by atoms with van der Waals surface area (Å²) in [6, 6.07) is 3.97. The molecule has 0 fully saturated rings. The van der Waals surface area contributed by atoms with E-state index < -0.39 is 0 Å². The third-order valence-electron chi connectivity index (χ3n) is 3.64. The molecule has 25 heavy (non-hydrogen) atoms. The average molecular weight is 464 g/mol. The second-order valence-electron chi connectivity index (χ2n) is 5.95. The zero-order valence-corrected chi connectivity index (χ0v) is 18.0. The minimum absolute atomic E-state index is 0. The Morgan fingerprint density at radius 1 is 1.24 bits per heavy atom. The van der Waals surface area contributed by atoms with Crippen molar-refractivity contribution in [1.29, 1.82) is 0 Å². The number of carbonyl (C=O) groups excluding carboxylic acids is 1. The second kappa shape index (κ2) is 15.0. The minimum atomic E-state index is -0.126. The van der Waals surface area contributed by atoms with Crippen molar-refractivity contribution in [2.24, 2.45) is 4.99 Å². The van der Waals surface area contributed by atoms with Gasteiger partial charge in [0.15, 0.2) is 5.96 Å². The molecule has 0 aliphatic heterocycles. The predicted octanol–water partition coefficient (Wildman–Crippen LogP) is 3.43. The molecular weight excluding hydrogens is 431 g/mol. The Hall–Kier alpha value is -1.25. The van der Waals surface area contributed by atoms with Crippen LogP contribution >= 0.6 is 24.0 Å². The molecular formula is C18H33IN4O2. The number of nitrogens with one attached hydrogen (secondary N) is 3. The van der Waals surface area contributed by atoms with E-state index in [-0.39, 0.29) is 36.4 Å². The molecule has 7 heteroatoms. The number of aliphatic imine (C=N–C) groups is 1. The molecule has 1 amide bonds. The Morgan fingerprint density at radius 3 is 2.68 bits per heavy atom. The summed E-state index contributed by atoms with van der Waals surface area (Å²) in [5.41, 5.74) is 0. The van der Waals surface area contributed by atoms with Gasteiger partial charge in [-0.15, -0.1) is 24.0 Å². The summed E-state index contributed by atoms with van der Waals surface area (Å²) in [6.07, 6.45) is 7.72. The lowest BCUT2D eigenvalue weighted by molar-refractivity contribution is -0.119. The van der Waals surface area contributed by atoms with Gasteiger partial charge in [-0.2, -0.15) is 0 Å². The molecule has 0 saturated carbocycles. The van der Waals surface area contributed by atoms with Crippen LogP contribution in [0.25, 0.3) is 0 Å². The molecule has 1 unspecified atom stereocenters. The van der Waals surface area contributed by atoms with Gasteiger partial charge in [-0.25, -0.2) is 4.99 Å². The number of hydrogen-bond donors (Lipinski definition) is 3. The lowest BCUT2D eigenvalue weighted by atomic mass is 10.1. The molecule has 0 aliphatic carbocycles. The van der Waals surface area contributed by atoms with E-state index in [0.717, 1.165) is 18.7 Å². The fourth-order valence-corrected chi connectivity index (χ4v) is 2.31. The van der Waals surface area contributed by atoms with E-state index in [0.29, 0.717) is 18.5 Å². The summed E-state index contributed by atoms with van der Waals surface area (Å²) >= 11 is 0. The standard InChI is InChI=1S/C18H32N4O2.HI/c1-4-6-7-8-10-15(3)22-18(19-5-2)21-14-17(23)20-13-16-11-9-12-24-16;/h9,11-12,15H,4-8,10,13-14H2,1-3H3,(H,20,23)(H2,19,21,22);1H. The smallest absolute Gasteiger partial charge is 0.242 e. The predicted molar refractivity (Wildman–Crippen MR) is 113 cm³/mol. The van der Waals surface area contributed by atoms with Crippen molar-refractivity contribution in [2.75, 3.05) is 13.1 Å². The number of nitrogens with zero attached hydrogens (tertiary/aromatic N) is 1. The van der Waals surface area contributed by atoms with Crippen LogP contribution in [-0.2, 0) is 11.3 Å². The Kier molecular flexibility index (Phi) is 14.3. The van der Waals surface area contributed by atoms with Crippen LogP contribution in [0.4, 0.5) is 0 Å². The first-order valence-electron chi connectivity index (χ1n) is 8.99. The summed E-state index contributed by atoms with van der Waals surface area (Å²) in [5, 5.41) is 9.33. The Morgan fingerprint density at radius 2 is 2.04 bits per heavy atom. The van der Waals surface area contributed by atoms with E-state index in [4.69, 9.17) is 4.42 Å². The zero-order valence-electron chi connectivity index (χ0n) is 15.6. The van der Waals surface area contributed by atoms with Crippen LogP contribution in [0.1, 0.15) is 58.6 Å². The van der Waals surface area contributed by atoms with Gasteiger partial charge in [-0.1, -0.05) is 32.6 Å². The third kappa shape index (κ3) is 11.9. The molecule has 0 aliphatic rings. The number of carbonyl (C=O) groups is 1. The van der Waals surface area contributed by atoms with Gasteiger partial charge in [0.25, 0.3) is 0 Å². The van der Waals surface area contributed by atoms with Gasteiger partial charge in [0, 0.05) is 12.6 Å². The molecule has 0 spiro atoms. The number of amides is 1. The third-order valence-corrected chi connectivity index (χ3v) is 3.64. The quantitative estimate of drug-likeness (QED) is 0.203. The summed E-state index contributed by atoms with van der Waals surface area (Å²) in [6.45, 7) is 7.63. The summed E-state index contributed by atoms with van der Waals surface area (Å²) in [5.74, 6) is 1.30. The largest absolute Gasteiger partial charge is 0.467 e. The number of unbranched alkanes of at least 4 members (excludes halogenated alkanes) is 3. The number of furan rings is 1. The molecule has 1 aromatic heterocycles. The van der Waals surface area contributed by atoms with Crippen LogP contribution < -0.4 is 16.0 Å². The van der Waals surface area contributed by atoms with Crippen LogP contribution in [0.2, 0.25) is 0 Å². The Labute approximate surface area is 168 Å². The number of guanidine groups is 1. The van der Waals surface area contributed by atoms with Crippen molar-refractivity contribution in [3.63, 3.8) is 0 Å². The van der Waals surface area contributed by atoms with Crippen molar-refractivity contribution >= 4 is 35.8 Å². The molecule has 1 aromatic rings.